The SMILES string of the molecule is O=C(O)[C@H]1[C@@H]2C=C[C@]3(O2)[C@@H]1C(=O)N1CCCO[C@@H]13. The minimum absolute atomic E-state index is 0.140. The quantitative estimate of drug-likeness (QED) is 0.642. The van der Waals surface area contributed by atoms with Gasteiger partial charge in [-0.3, -0.25) is 9.59 Å². The fraction of sp³-hybridized carbons (Fsp3) is 0.667. The Morgan fingerprint density at radius 2 is 2.39 bits per heavy atom. The van der Waals surface area contributed by atoms with Crippen LogP contribution in [-0.4, -0.2) is 53.0 Å². The lowest BCUT2D eigenvalue weighted by atomic mass is 9.76. The summed E-state index contributed by atoms with van der Waals surface area (Å²) in [6.07, 6.45) is 3.42. The van der Waals surface area contributed by atoms with Gasteiger partial charge in [-0.25, -0.2) is 0 Å². The van der Waals surface area contributed by atoms with E-state index in [1.165, 1.54) is 0 Å². The van der Waals surface area contributed by atoms with E-state index in [1.807, 2.05) is 6.08 Å². The van der Waals surface area contributed by atoms with Gasteiger partial charge in [0.05, 0.1) is 18.6 Å². The zero-order chi connectivity index (χ0) is 12.5. The summed E-state index contributed by atoms with van der Waals surface area (Å²) in [5.41, 5.74) is -0.870. The smallest absolute Gasteiger partial charge is 0.310 e. The number of carboxylic acid groups (broad SMARTS) is 1. The number of carbonyl (C=O) groups is 2. The van der Waals surface area contributed by atoms with Crippen molar-refractivity contribution in [3.05, 3.63) is 12.2 Å². The number of nitrogens with zero attached hydrogens (tertiary/aromatic N) is 1. The third-order valence-electron chi connectivity index (χ3n) is 4.41. The number of ether oxygens (including phenoxy) is 2. The number of fused-ring (bicyclic) bond motifs is 2. The number of carbonyl (C=O) groups excluding carboxylic acids is 1. The summed E-state index contributed by atoms with van der Waals surface area (Å²) in [6.45, 7) is 1.21. The van der Waals surface area contributed by atoms with E-state index in [9.17, 15) is 14.7 Å². The molecule has 4 heterocycles. The molecule has 0 aromatic carbocycles. The predicted octanol–water partition coefficient (Wildman–Crippen LogP) is -0.401. The van der Waals surface area contributed by atoms with Crippen LogP contribution in [0.3, 0.4) is 0 Å². The van der Waals surface area contributed by atoms with Gasteiger partial charge in [-0.05, 0) is 12.5 Å². The highest BCUT2D eigenvalue weighted by Crippen LogP contribution is 2.55. The van der Waals surface area contributed by atoms with Gasteiger partial charge in [-0.2, -0.15) is 0 Å². The standard InChI is InChI=1S/C12H13NO5/c14-9-8-7(10(15)16)6-2-3-12(8,18-6)11-13(9)4-1-5-17-11/h2-3,6-8,11H,1,4-5H2,(H,15,16)/t6-,7-,8-,11+,12-/m0/s1. The molecule has 4 aliphatic rings. The van der Waals surface area contributed by atoms with Gasteiger partial charge in [-0.15, -0.1) is 0 Å². The van der Waals surface area contributed by atoms with Crippen LogP contribution < -0.4 is 0 Å². The number of rotatable bonds is 1. The highest BCUT2D eigenvalue weighted by atomic mass is 16.6. The molecule has 1 N–H and O–H groups in total. The van der Waals surface area contributed by atoms with E-state index in [4.69, 9.17) is 9.47 Å². The summed E-state index contributed by atoms with van der Waals surface area (Å²) in [7, 11) is 0. The van der Waals surface area contributed by atoms with Crippen LogP contribution in [0.2, 0.25) is 0 Å². The van der Waals surface area contributed by atoms with Crippen LogP contribution in [0.25, 0.3) is 0 Å². The van der Waals surface area contributed by atoms with Crippen molar-refractivity contribution in [1.29, 1.82) is 0 Å². The fourth-order valence-electron chi connectivity index (χ4n) is 3.74. The Morgan fingerprint density at radius 3 is 3.17 bits per heavy atom. The lowest BCUT2D eigenvalue weighted by Gasteiger charge is -2.36. The normalized spacial score (nSPS) is 48.4. The second kappa shape index (κ2) is 3.13. The maximum Gasteiger partial charge on any atom is 0.310 e. The van der Waals surface area contributed by atoms with Gasteiger partial charge >= 0.3 is 5.97 Å². The van der Waals surface area contributed by atoms with Crippen LogP contribution in [0.15, 0.2) is 12.2 Å². The Morgan fingerprint density at radius 1 is 1.56 bits per heavy atom. The molecular formula is C12H13NO5. The van der Waals surface area contributed by atoms with Gasteiger partial charge in [0.2, 0.25) is 5.91 Å². The fourth-order valence-corrected chi connectivity index (χ4v) is 3.74. The Labute approximate surface area is 103 Å². The molecule has 3 saturated heterocycles. The van der Waals surface area contributed by atoms with Crippen molar-refractivity contribution in [2.45, 2.75) is 24.4 Å². The van der Waals surface area contributed by atoms with Gasteiger partial charge in [-0.1, -0.05) is 6.08 Å². The summed E-state index contributed by atoms with van der Waals surface area (Å²) in [5, 5.41) is 9.30. The molecule has 0 aromatic rings. The van der Waals surface area contributed by atoms with Gasteiger partial charge < -0.3 is 19.5 Å². The summed E-state index contributed by atoms with van der Waals surface area (Å²) in [4.78, 5) is 25.4. The summed E-state index contributed by atoms with van der Waals surface area (Å²) < 4.78 is 11.5. The lowest BCUT2D eigenvalue weighted by Crippen LogP contribution is -2.49. The third-order valence-corrected chi connectivity index (χ3v) is 4.41. The van der Waals surface area contributed by atoms with Crippen molar-refractivity contribution in [3.8, 4) is 0 Å². The monoisotopic (exact) mass is 251 g/mol. The highest BCUT2D eigenvalue weighted by molar-refractivity contribution is 5.91. The molecular weight excluding hydrogens is 238 g/mol. The van der Waals surface area contributed by atoms with Gasteiger partial charge in [0, 0.05) is 6.54 Å². The Hall–Kier alpha value is -1.40. The first-order valence-corrected chi connectivity index (χ1v) is 6.17. The zero-order valence-corrected chi connectivity index (χ0v) is 9.61. The van der Waals surface area contributed by atoms with Crippen LogP contribution in [0.4, 0.5) is 0 Å². The van der Waals surface area contributed by atoms with E-state index >= 15 is 0 Å². The van der Waals surface area contributed by atoms with Crippen LogP contribution in [0.5, 0.6) is 0 Å². The van der Waals surface area contributed by atoms with Crippen LogP contribution >= 0.6 is 0 Å². The van der Waals surface area contributed by atoms with Crippen LogP contribution in [0, 0.1) is 11.8 Å². The number of carboxylic acids is 1. The molecule has 0 saturated carbocycles. The summed E-state index contributed by atoms with van der Waals surface area (Å²) in [5.74, 6) is -2.52. The third kappa shape index (κ3) is 0.976. The van der Waals surface area contributed by atoms with Gasteiger partial charge in [0.25, 0.3) is 0 Å². The van der Waals surface area contributed by atoms with E-state index in [2.05, 4.69) is 0 Å². The van der Waals surface area contributed by atoms with E-state index in [0.717, 1.165) is 6.42 Å². The number of aliphatic carboxylic acids is 1. The largest absolute Gasteiger partial charge is 0.481 e. The molecule has 0 aliphatic carbocycles. The number of hydrogen-bond donors (Lipinski definition) is 1. The topological polar surface area (TPSA) is 76.1 Å². The zero-order valence-electron chi connectivity index (χ0n) is 9.61. The molecule has 96 valence electrons. The maximum absolute atomic E-state index is 12.4. The maximum atomic E-state index is 12.4. The van der Waals surface area contributed by atoms with Gasteiger partial charge in [0.15, 0.2) is 6.23 Å². The van der Waals surface area contributed by atoms with Crippen molar-refractivity contribution < 1.29 is 24.2 Å². The first kappa shape index (κ1) is 10.5. The average molecular weight is 251 g/mol. The highest BCUT2D eigenvalue weighted by Gasteiger charge is 2.72. The van der Waals surface area contributed by atoms with Crippen LogP contribution in [0.1, 0.15) is 6.42 Å². The van der Waals surface area contributed by atoms with Crippen molar-refractivity contribution >= 4 is 11.9 Å². The van der Waals surface area contributed by atoms with Crippen LogP contribution in [-0.2, 0) is 19.1 Å². The molecule has 18 heavy (non-hydrogen) atoms. The van der Waals surface area contributed by atoms with E-state index in [-0.39, 0.29) is 5.91 Å². The Kier molecular flexibility index (Phi) is 1.83. The molecule has 1 amide bonds. The Bertz CT molecular complexity index is 475. The molecule has 6 heteroatoms. The first-order valence-electron chi connectivity index (χ1n) is 6.17. The molecule has 4 rings (SSSR count). The molecule has 0 aromatic heterocycles. The first-order chi connectivity index (χ1) is 8.65. The number of hydrogen-bond acceptors (Lipinski definition) is 4. The summed E-state index contributed by atoms with van der Waals surface area (Å²) >= 11 is 0. The van der Waals surface area contributed by atoms with Crippen molar-refractivity contribution in [2.75, 3.05) is 13.2 Å². The minimum Gasteiger partial charge on any atom is -0.481 e. The molecule has 0 unspecified atom stereocenters. The molecule has 4 aliphatic heterocycles. The van der Waals surface area contributed by atoms with Crippen molar-refractivity contribution in [3.63, 3.8) is 0 Å². The van der Waals surface area contributed by atoms with E-state index < -0.39 is 35.7 Å². The van der Waals surface area contributed by atoms with Crippen molar-refractivity contribution in [2.24, 2.45) is 11.8 Å². The molecule has 6 nitrogen and oxygen atoms in total. The van der Waals surface area contributed by atoms with Crippen molar-refractivity contribution in [1.82, 2.24) is 4.90 Å². The predicted molar refractivity (Wildman–Crippen MR) is 57.4 cm³/mol. The molecule has 0 radical (unpaired) electrons. The Balaban J connectivity index is 1.82. The van der Waals surface area contributed by atoms with E-state index in [0.29, 0.717) is 13.2 Å². The average Bonchev–Trinajstić information content (AvgIpc) is 2.99. The molecule has 5 atom stereocenters. The molecule has 1 spiro atoms. The number of amides is 1. The minimum atomic E-state index is -0.968. The molecule has 2 bridgehead atoms. The summed E-state index contributed by atoms with van der Waals surface area (Å²) in [6, 6.07) is 0. The van der Waals surface area contributed by atoms with E-state index in [1.54, 1.807) is 11.0 Å². The second-order valence-electron chi connectivity index (χ2n) is 5.25. The molecule has 3 fully saturated rings. The lowest BCUT2D eigenvalue weighted by molar-refractivity contribution is -0.168. The van der Waals surface area contributed by atoms with Gasteiger partial charge in [0.1, 0.15) is 11.5 Å². The second-order valence-corrected chi connectivity index (χ2v) is 5.25.